The van der Waals surface area contributed by atoms with Gasteiger partial charge in [0.25, 0.3) is 0 Å². The summed E-state index contributed by atoms with van der Waals surface area (Å²) in [5, 5.41) is 0. The summed E-state index contributed by atoms with van der Waals surface area (Å²) in [6.07, 6.45) is 87.7. The molecule has 0 fully saturated rings. The molecule has 0 N–H and O–H groups in total. The van der Waals surface area contributed by atoms with Gasteiger partial charge in [-0.05, 0) is 89.9 Å². The van der Waals surface area contributed by atoms with Crippen LogP contribution in [0.25, 0.3) is 0 Å². The lowest BCUT2D eigenvalue weighted by atomic mass is 10.0. The molecule has 0 spiro atoms. The fourth-order valence-electron chi connectivity index (χ4n) is 10.1. The van der Waals surface area contributed by atoms with E-state index in [1.807, 2.05) is 0 Å². The van der Waals surface area contributed by atoms with Gasteiger partial charge in [0.2, 0.25) is 0 Å². The van der Waals surface area contributed by atoms with E-state index in [1.54, 1.807) is 0 Å². The van der Waals surface area contributed by atoms with E-state index in [2.05, 4.69) is 93.7 Å². The Kier molecular flexibility index (Phi) is 64.7. The van der Waals surface area contributed by atoms with E-state index < -0.39 is 6.10 Å². The molecule has 0 saturated carbocycles. The summed E-state index contributed by atoms with van der Waals surface area (Å²) in [5.74, 6) is -0.856. The molecule has 0 aromatic rings. The second-order valence-electron chi connectivity index (χ2n) is 23.1. The predicted molar refractivity (Wildman–Crippen MR) is 344 cm³/mol. The molecule has 1 unspecified atom stereocenters. The monoisotopic (exact) mass is 1100 g/mol. The van der Waals surface area contributed by atoms with Gasteiger partial charge in [-0.3, -0.25) is 14.4 Å². The molecule has 0 aromatic heterocycles. The van der Waals surface area contributed by atoms with Crippen LogP contribution in [0, 0.1) is 0 Å². The fourth-order valence-corrected chi connectivity index (χ4v) is 10.1. The maximum atomic E-state index is 12.9. The first kappa shape index (κ1) is 75.8. The van der Waals surface area contributed by atoms with Crippen LogP contribution in [0.5, 0.6) is 0 Å². The third-order valence-electron chi connectivity index (χ3n) is 15.2. The molecule has 0 aromatic carbocycles. The number of hydrogen-bond acceptors (Lipinski definition) is 6. The highest BCUT2D eigenvalue weighted by Gasteiger charge is 2.19. The summed E-state index contributed by atoms with van der Waals surface area (Å²) >= 11 is 0. The van der Waals surface area contributed by atoms with Crippen molar-refractivity contribution < 1.29 is 28.6 Å². The lowest BCUT2D eigenvalue weighted by Crippen LogP contribution is -2.30. The molecule has 0 aliphatic carbocycles. The Morgan fingerprint density at radius 2 is 0.494 bits per heavy atom. The molecule has 79 heavy (non-hydrogen) atoms. The molecule has 458 valence electrons. The first-order valence-corrected chi connectivity index (χ1v) is 34.4. The van der Waals surface area contributed by atoms with Crippen molar-refractivity contribution in [2.24, 2.45) is 0 Å². The Bertz CT molecular complexity index is 1450. The number of carbonyl (C=O) groups excluding carboxylic acids is 3. The average molecular weight is 1100 g/mol. The number of rotatable bonds is 63. The third-order valence-corrected chi connectivity index (χ3v) is 15.2. The summed E-state index contributed by atoms with van der Waals surface area (Å²) < 4.78 is 17.0. The lowest BCUT2D eigenvalue weighted by molar-refractivity contribution is -0.167. The highest BCUT2D eigenvalue weighted by Crippen LogP contribution is 2.17. The second-order valence-corrected chi connectivity index (χ2v) is 23.1. The SMILES string of the molecule is CC/C=C\C/C=C\C/C=C\C/C=C\C/C=C\CCCCCCCCCCCCCCCC(=O)OCC(COC(=O)CCCCCCCCCCCCCCCCC)OC(=O)CCCCCCCCC/C=C\CCCCCCCC. The molecule has 0 aliphatic rings. The molecule has 6 heteroatoms. The highest BCUT2D eigenvalue weighted by atomic mass is 16.6. The summed E-state index contributed by atoms with van der Waals surface area (Å²) in [7, 11) is 0. The summed E-state index contributed by atoms with van der Waals surface area (Å²) in [6, 6.07) is 0. The molecular weight excluding hydrogens is 973 g/mol. The van der Waals surface area contributed by atoms with Crippen LogP contribution >= 0.6 is 0 Å². The van der Waals surface area contributed by atoms with Gasteiger partial charge in [0.15, 0.2) is 6.10 Å². The van der Waals surface area contributed by atoms with Crippen molar-refractivity contribution in [3.63, 3.8) is 0 Å². The number of ether oxygens (including phenoxy) is 3. The Labute approximate surface area is 491 Å². The van der Waals surface area contributed by atoms with Gasteiger partial charge in [-0.25, -0.2) is 0 Å². The molecule has 1 atom stereocenters. The van der Waals surface area contributed by atoms with Gasteiger partial charge in [0, 0.05) is 19.3 Å². The Morgan fingerprint density at radius 1 is 0.266 bits per heavy atom. The minimum atomic E-state index is -0.776. The number of allylic oxidation sites excluding steroid dienone is 12. The van der Waals surface area contributed by atoms with Crippen molar-refractivity contribution in [2.75, 3.05) is 13.2 Å². The smallest absolute Gasteiger partial charge is 0.306 e. The topological polar surface area (TPSA) is 78.9 Å². The molecule has 0 bridgehead atoms. The Hall–Kier alpha value is -3.15. The van der Waals surface area contributed by atoms with Crippen LogP contribution in [0.4, 0.5) is 0 Å². The van der Waals surface area contributed by atoms with Crippen molar-refractivity contribution >= 4 is 17.9 Å². The molecule has 0 radical (unpaired) electrons. The summed E-state index contributed by atoms with van der Waals surface area (Å²) in [4.78, 5) is 38.4. The van der Waals surface area contributed by atoms with Crippen molar-refractivity contribution in [2.45, 2.75) is 361 Å². The van der Waals surface area contributed by atoms with Crippen LogP contribution in [0.15, 0.2) is 72.9 Å². The van der Waals surface area contributed by atoms with Gasteiger partial charge < -0.3 is 14.2 Å². The zero-order chi connectivity index (χ0) is 57.1. The maximum Gasteiger partial charge on any atom is 0.306 e. The quantitative estimate of drug-likeness (QED) is 0.0261. The normalized spacial score (nSPS) is 12.5. The zero-order valence-corrected chi connectivity index (χ0v) is 52.6. The van der Waals surface area contributed by atoms with Gasteiger partial charge in [-0.2, -0.15) is 0 Å². The van der Waals surface area contributed by atoms with Crippen LogP contribution in [-0.2, 0) is 28.6 Å². The molecule has 0 heterocycles. The van der Waals surface area contributed by atoms with Gasteiger partial charge in [0.1, 0.15) is 13.2 Å². The van der Waals surface area contributed by atoms with Crippen molar-refractivity contribution in [3.05, 3.63) is 72.9 Å². The number of carbonyl (C=O) groups is 3. The van der Waals surface area contributed by atoms with E-state index in [-0.39, 0.29) is 31.1 Å². The molecule has 0 aliphatic heterocycles. The maximum absolute atomic E-state index is 12.9. The van der Waals surface area contributed by atoms with Gasteiger partial charge in [-0.1, -0.05) is 318 Å². The van der Waals surface area contributed by atoms with E-state index >= 15 is 0 Å². The first-order chi connectivity index (χ1) is 39.0. The van der Waals surface area contributed by atoms with Crippen molar-refractivity contribution in [1.82, 2.24) is 0 Å². The van der Waals surface area contributed by atoms with Crippen LogP contribution < -0.4 is 0 Å². The standard InChI is InChI=1S/C73H130O6/c1-4-7-10-13-16-19-22-25-28-30-31-32-33-34-35-36-37-38-39-40-41-43-45-48-51-54-57-60-63-66-72(75)78-69-70(68-77-71(74)65-62-59-56-53-50-47-44-27-24-21-18-15-12-9-6-3)79-73(76)67-64-61-58-55-52-49-46-42-29-26-23-20-17-14-11-8-5-2/h7,10,16,19,25-26,28-29,31-32,34-35,70H,4-6,8-9,11-15,17-18,20-24,27,30,33,36-69H2,1-3H3/b10-7-,19-16-,28-25-,29-26-,32-31-,35-34-. The van der Waals surface area contributed by atoms with E-state index in [1.165, 1.54) is 225 Å². The number of esters is 3. The van der Waals surface area contributed by atoms with Crippen molar-refractivity contribution in [3.8, 4) is 0 Å². The summed E-state index contributed by atoms with van der Waals surface area (Å²) in [5.41, 5.74) is 0. The number of hydrogen-bond donors (Lipinski definition) is 0. The van der Waals surface area contributed by atoms with Gasteiger partial charge >= 0.3 is 17.9 Å². The van der Waals surface area contributed by atoms with Gasteiger partial charge in [0.05, 0.1) is 0 Å². The largest absolute Gasteiger partial charge is 0.462 e. The predicted octanol–water partition coefficient (Wildman–Crippen LogP) is 23.7. The second kappa shape index (κ2) is 67.4. The minimum absolute atomic E-state index is 0.0722. The molecule has 0 amide bonds. The van der Waals surface area contributed by atoms with Crippen molar-refractivity contribution in [1.29, 1.82) is 0 Å². The van der Waals surface area contributed by atoms with E-state index in [0.29, 0.717) is 19.3 Å². The first-order valence-electron chi connectivity index (χ1n) is 34.4. The Balaban J connectivity index is 4.25. The van der Waals surface area contributed by atoms with Crippen LogP contribution in [0.3, 0.4) is 0 Å². The lowest BCUT2D eigenvalue weighted by Gasteiger charge is -2.18. The van der Waals surface area contributed by atoms with Gasteiger partial charge in [-0.15, -0.1) is 0 Å². The third kappa shape index (κ3) is 65.5. The summed E-state index contributed by atoms with van der Waals surface area (Å²) in [6.45, 7) is 6.57. The van der Waals surface area contributed by atoms with E-state index in [4.69, 9.17) is 14.2 Å². The van der Waals surface area contributed by atoms with Crippen LogP contribution in [0.1, 0.15) is 355 Å². The van der Waals surface area contributed by atoms with Crippen LogP contribution in [-0.4, -0.2) is 37.2 Å². The highest BCUT2D eigenvalue weighted by molar-refractivity contribution is 5.71. The molecule has 0 saturated heterocycles. The molecule has 6 nitrogen and oxygen atoms in total. The van der Waals surface area contributed by atoms with E-state index in [9.17, 15) is 14.4 Å². The average Bonchev–Trinajstić information content (AvgIpc) is 3.45. The molecule has 0 rings (SSSR count). The zero-order valence-electron chi connectivity index (χ0n) is 52.6. The number of unbranched alkanes of at least 4 members (excludes halogenated alkanes) is 40. The Morgan fingerprint density at radius 3 is 0.785 bits per heavy atom. The van der Waals surface area contributed by atoms with E-state index in [0.717, 1.165) is 89.9 Å². The molecular formula is C73H130O6. The fraction of sp³-hybridized carbons (Fsp3) is 0.795. The minimum Gasteiger partial charge on any atom is -0.462 e. The van der Waals surface area contributed by atoms with Crippen LogP contribution in [0.2, 0.25) is 0 Å².